The Morgan fingerprint density at radius 1 is 1.15 bits per heavy atom. The Bertz CT molecular complexity index is 242. The van der Waals surface area contributed by atoms with E-state index in [1.54, 1.807) is 0 Å². The molecule has 1 N–H and O–H groups in total. The van der Waals surface area contributed by atoms with Gasteiger partial charge in [-0.25, -0.2) is 0 Å². The van der Waals surface area contributed by atoms with Gasteiger partial charge in [-0.2, -0.15) is 0 Å². The fourth-order valence-corrected chi connectivity index (χ4v) is 1.59. The van der Waals surface area contributed by atoms with Crippen molar-refractivity contribution in [3.05, 3.63) is 30.3 Å². The minimum Gasteiger partial charge on any atom is -0.383 e. The molecule has 0 aromatic heterocycles. The quantitative estimate of drug-likeness (QED) is 0.721. The van der Waals surface area contributed by atoms with E-state index < -0.39 is 0 Å². The Hall–Kier alpha value is -0.763. The van der Waals surface area contributed by atoms with Crippen molar-refractivity contribution < 1.29 is 0 Å². The average Bonchev–Trinajstić information content (AvgIpc) is 2.19. The summed E-state index contributed by atoms with van der Waals surface area (Å²) < 4.78 is 0. The number of anilines is 1. The molecule has 0 spiro atoms. The van der Waals surface area contributed by atoms with Crippen LogP contribution in [-0.2, 0) is 0 Å². The molecule has 0 atom stereocenters. The van der Waals surface area contributed by atoms with Gasteiger partial charge in [0.2, 0.25) is 0 Å². The van der Waals surface area contributed by atoms with Crippen LogP contribution in [0.3, 0.4) is 0 Å². The molecule has 0 amide bonds. The fourth-order valence-electron chi connectivity index (χ4n) is 1.30. The zero-order valence-corrected chi connectivity index (χ0v) is 10.8. The van der Waals surface area contributed by atoms with Crippen LogP contribution in [0.1, 0.15) is 26.7 Å². The van der Waals surface area contributed by atoms with Crippen LogP contribution >= 0.6 is 0 Å². The maximum absolute atomic E-state index is 3.62. The zero-order valence-electron chi connectivity index (χ0n) is 8.80. The smallest absolute Gasteiger partial charge is 0.0347 e. The van der Waals surface area contributed by atoms with Gasteiger partial charge in [0, 0.05) is 21.1 Å². The molecule has 1 nitrogen and oxygen atoms in total. The van der Waals surface area contributed by atoms with Crippen molar-refractivity contribution in [2.45, 2.75) is 31.9 Å². The number of nitrogens with one attached hydrogen (secondary N) is 1. The standard InChI is InChI=1S/C11H19NSi/c1-3-11(13,4-2)12-10-8-6-5-7-9-10/h5-9,12H,3-4H2,1-2,13H3. The summed E-state index contributed by atoms with van der Waals surface area (Å²) in [5.41, 5.74) is 1.25. The van der Waals surface area contributed by atoms with E-state index in [9.17, 15) is 0 Å². The maximum atomic E-state index is 3.62. The molecule has 0 fully saturated rings. The second-order valence-corrected chi connectivity index (χ2v) is 5.67. The third-order valence-corrected chi connectivity index (χ3v) is 4.44. The highest BCUT2D eigenvalue weighted by Crippen LogP contribution is 2.18. The first-order valence-electron chi connectivity index (χ1n) is 5.03. The van der Waals surface area contributed by atoms with Crippen LogP contribution in [0.2, 0.25) is 0 Å². The molecular formula is C11H19NSi. The van der Waals surface area contributed by atoms with Gasteiger partial charge in [-0.1, -0.05) is 32.0 Å². The van der Waals surface area contributed by atoms with Gasteiger partial charge >= 0.3 is 0 Å². The normalized spacial score (nSPS) is 11.5. The van der Waals surface area contributed by atoms with E-state index in [-0.39, 0.29) is 0 Å². The topological polar surface area (TPSA) is 12.0 Å². The van der Waals surface area contributed by atoms with Gasteiger partial charge < -0.3 is 5.32 Å². The summed E-state index contributed by atoms with van der Waals surface area (Å²) in [5.74, 6) is 0. The monoisotopic (exact) mass is 193 g/mol. The Morgan fingerprint density at radius 2 is 1.69 bits per heavy atom. The van der Waals surface area contributed by atoms with Gasteiger partial charge in [0.15, 0.2) is 0 Å². The number of para-hydroxylation sites is 1. The van der Waals surface area contributed by atoms with Crippen molar-refractivity contribution in [3.8, 4) is 0 Å². The molecule has 0 aliphatic rings. The summed E-state index contributed by atoms with van der Waals surface area (Å²) in [6.45, 7) is 4.51. The Kier molecular flexibility index (Phi) is 3.55. The van der Waals surface area contributed by atoms with Crippen molar-refractivity contribution in [2.75, 3.05) is 5.32 Å². The number of hydrogen-bond acceptors (Lipinski definition) is 1. The lowest BCUT2D eigenvalue weighted by Crippen LogP contribution is -2.37. The molecule has 1 aromatic carbocycles. The Labute approximate surface area is 84.0 Å². The van der Waals surface area contributed by atoms with E-state index in [0.717, 1.165) is 0 Å². The fraction of sp³-hybridized carbons (Fsp3) is 0.455. The molecule has 1 aromatic rings. The predicted octanol–water partition coefficient (Wildman–Crippen LogP) is 1.98. The SMILES string of the molecule is CCC([SiH3])(CC)Nc1ccccc1. The van der Waals surface area contributed by atoms with Crippen molar-refractivity contribution in [1.82, 2.24) is 0 Å². The number of rotatable bonds is 4. The van der Waals surface area contributed by atoms with Crippen LogP contribution in [0.5, 0.6) is 0 Å². The maximum Gasteiger partial charge on any atom is 0.0347 e. The molecule has 0 bridgehead atoms. The molecular weight excluding hydrogens is 174 g/mol. The first kappa shape index (κ1) is 10.3. The van der Waals surface area contributed by atoms with Crippen molar-refractivity contribution in [3.63, 3.8) is 0 Å². The minimum atomic E-state index is 0.376. The van der Waals surface area contributed by atoms with Crippen LogP contribution in [0.4, 0.5) is 5.69 Å². The third kappa shape index (κ3) is 2.88. The first-order chi connectivity index (χ1) is 6.20. The first-order valence-corrected chi connectivity index (χ1v) is 6.03. The molecule has 2 heteroatoms. The van der Waals surface area contributed by atoms with Crippen LogP contribution < -0.4 is 5.32 Å². The van der Waals surface area contributed by atoms with Gasteiger partial charge in [-0.05, 0) is 25.0 Å². The van der Waals surface area contributed by atoms with Crippen molar-refractivity contribution >= 4 is 15.9 Å². The second-order valence-electron chi connectivity index (χ2n) is 3.76. The number of benzene rings is 1. The van der Waals surface area contributed by atoms with Crippen LogP contribution in [0.25, 0.3) is 0 Å². The van der Waals surface area contributed by atoms with Crippen molar-refractivity contribution in [1.29, 1.82) is 0 Å². The summed E-state index contributed by atoms with van der Waals surface area (Å²) in [6.07, 6.45) is 2.43. The van der Waals surface area contributed by atoms with E-state index >= 15 is 0 Å². The molecule has 0 unspecified atom stereocenters. The largest absolute Gasteiger partial charge is 0.383 e. The van der Waals surface area contributed by atoms with E-state index in [0.29, 0.717) is 5.16 Å². The van der Waals surface area contributed by atoms with Crippen LogP contribution in [0, 0.1) is 0 Å². The average molecular weight is 193 g/mol. The second kappa shape index (κ2) is 4.47. The minimum absolute atomic E-state index is 0.376. The summed E-state index contributed by atoms with van der Waals surface area (Å²) in [4.78, 5) is 0. The van der Waals surface area contributed by atoms with Crippen LogP contribution in [-0.4, -0.2) is 15.4 Å². The highest BCUT2D eigenvalue weighted by Gasteiger charge is 2.17. The highest BCUT2D eigenvalue weighted by molar-refractivity contribution is 6.16. The van der Waals surface area contributed by atoms with E-state index in [2.05, 4.69) is 49.5 Å². The zero-order chi connectivity index (χ0) is 9.73. The van der Waals surface area contributed by atoms with Gasteiger partial charge in [0.05, 0.1) is 0 Å². The predicted molar refractivity (Wildman–Crippen MR) is 63.3 cm³/mol. The van der Waals surface area contributed by atoms with Gasteiger partial charge in [-0.15, -0.1) is 0 Å². The molecule has 0 saturated heterocycles. The van der Waals surface area contributed by atoms with E-state index in [1.165, 1.54) is 28.8 Å². The Balaban J connectivity index is 2.68. The summed E-state index contributed by atoms with van der Waals surface area (Å²) in [6, 6.07) is 10.5. The van der Waals surface area contributed by atoms with Gasteiger partial charge in [-0.3, -0.25) is 0 Å². The van der Waals surface area contributed by atoms with Crippen LogP contribution in [0.15, 0.2) is 30.3 Å². The molecule has 0 aliphatic heterocycles. The van der Waals surface area contributed by atoms with E-state index in [1.807, 2.05) is 0 Å². The third-order valence-electron chi connectivity index (χ3n) is 2.78. The summed E-state index contributed by atoms with van der Waals surface area (Å²) in [5, 5.41) is 3.99. The molecule has 0 aliphatic carbocycles. The molecule has 0 saturated carbocycles. The van der Waals surface area contributed by atoms with Crippen molar-refractivity contribution in [2.24, 2.45) is 0 Å². The highest BCUT2D eigenvalue weighted by atomic mass is 28.1. The summed E-state index contributed by atoms with van der Waals surface area (Å²) in [7, 11) is 1.19. The number of hydrogen-bond donors (Lipinski definition) is 1. The summed E-state index contributed by atoms with van der Waals surface area (Å²) >= 11 is 0. The molecule has 13 heavy (non-hydrogen) atoms. The Morgan fingerprint density at radius 3 is 2.15 bits per heavy atom. The lowest BCUT2D eigenvalue weighted by atomic mass is 10.1. The molecule has 72 valence electrons. The van der Waals surface area contributed by atoms with Gasteiger partial charge in [0.1, 0.15) is 0 Å². The van der Waals surface area contributed by atoms with Gasteiger partial charge in [0.25, 0.3) is 0 Å². The lowest BCUT2D eigenvalue weighted by molar-refractivity contribution is 0.601. The lowest BCUT2D eigenvalue weighted by Gasteiger charge is -2.29. The molecule has 1 rings (SSSR count). The van der Waals surface area contributed by atoms with E-state index in [4.69, 9.17) is 0 Å². The molecule has 0 radical (unpaired) electrons. The molecule has 0 heterocycles.